The summed E-state index contributed by atoms with van der Waals surface area (Å²) in [5, 5.41) is 2.99. The molecule has 1 heterocycles. The first-order chi connectivity index (χ1) is 7.29. The average molecular weight is 212 g/mol. The summed E-state index contributed by atoms with van der Waals surface area (Å²) in [7, 11) is 1.74. The molecule has 0 bridgehead atoms. The van der Waals surface area contributed by atoms with Gasteiger partial charge in [-0.15, -0.1) is 0 Å². The Morgan fingerprint density at radius 1 is 1.33 bits per heavy atom. The van der Waals surface area contributed by atoms with Gasteiger partial charge in [0.25, 0.3) is 0 Å². The molecule has 15 heavy (non-hydrogen) atoms. The van der Waals surface area contributed by atoms with Crippen LogP contribution in [0.2, 0.25) is 0 Å². The lowest BCUT2D eigenvalue weighted by molar-refractivity contribution is 0.0503. The van der Waals surface area contributed by atoms with Gasteiger partial charge in [0, 0.05) is 26.7 Å². The number of ether oxygens (including phenoxy) is 1. The zero-order chi connectivity index (χ0) is 10.7. The van der Waals surface area contributed by atoms with E-state index in [1.807, 2.05) is 4.90 Å². The number of hydrogen-bond donors (Lipinski definition) is 1. The van der Waals surface area contributed by atoms with Crippen LogP contribution in [0.5, 0.6) is 0 Å². The molecule has 2 amide bonds. The predicted molar refractivity (Wildman–Crippen MR) is 57.7 cm³/mol. The van der Waals surface area contributed by atoms with Crippen LogP contribution in [-0.2, 0) is 4.74 Å². The van der Waals surface area contributed by atoms with Gasteiger partial charge in [-0.05, 0) is 31.6 Å². The Kier molecular flexibility index (Phi) is 3.46. The number of urea groups is 1. The number of hydrogen-bond acceptors (Lipinski definition) is 2. The van der Waals surface area contributed by atoms with E-state index in [2.05, 4.69) is 5.32 Å². The number of piperidine rings is 1. The Bertz CT molecular complexity index is 221. The fourth-order valence-electron chi connectivity index (χ4n) is 1.96. The maximum Gasteiger partial charge on any atom is 0.317 e. The van der Waals surface area contributed by atoms with Crippen LogP contribution in [0.15, 0.2) is 0 Å². The number of rotatable bonds is 3. The second-order valence-electron chi connectivity index (χ2n) is 4.55. The summed E-state index contributed by atoms with van der Waals surface area (Å²) < 4.78 is 5.27. The number of carbonyl (C=O) groups is 1. The number of carbonyl (C=O) groups excluding carboxylic acids is 1. The summed E-state index contributed by atoms with van der Waals surface area (Å²) in [4.78, 5) is 13.6. The number of nitrogens with zero attached hydrogens (tertiary/aromatic N) is 1. The van der Waals surface area contributed by atoms with Crippen molar-refractivity contribution in [3.8, 4) is 0 Å². The molecule has 1 saturated carbocycles. The van der Waals surface area contributed by atoms with Crippen LogP contribution in [0.1, 0.15) is 25.7 Å². The quantitative estimate of drug-likeness (QED) is 0.764. The molecule has 2 fully saturated rings. The molecular formula is C11H20N2O2. The fourth-order valence-corrected chi connectivity index (χ4v) is 1.96. The highest BCUT2D eigenvalue weighted by molar-refractivity contribution is 5.74. The number of nitrogens with one attached hydrogen (secondary N) is 1. The normalized spacial score (nSPS) is 22.9. The van der Waals surface area contributed by atoms with E-state index in [0.717, 1.165) is 38.4 Å². The highest BCUT2D eigenvalue weighted by Gasteiger charge is 2.25. The molecule has 0 aromatic carbocycles. The minimum absolute atomic E-state index is 0.108. The summed E-state index contributed by atoms with van der Waals surface area (Å²) in [5.41, 5.74) is 0. The minimum Gasteiger partial charge on any atom is -0.381 e. The third-order valence-corrected chi connectivity index (χ3v) is 3.30. The first-order valence-corrected chi connectivity index (χ1v) is 5.85. The minimum atomic E-state index is 0.108. The van der Waals surface area contributed by atoms with Crippen LogP contribution in [0.3, 0.4) is 0 Å². The summed E-state index contributed by atoms with van der Waals surface area (Å²) >= 11 is 0. The average Bonchev–Trinajstić information content (AvgIpc) is 3.10. The first kappa shape index (κ1) is 10.7. The van der Waals surface area contributed by atoms with E-state index in [0.29, 0.717) is 6.10 Å². The van der Waals surface area contributed by atoms with Gasteiger partial charge in [-0.2, -0.15) is 0 Å². The molecule has 0 aromatic heterocycles. The van der Waals surface area contributed by atoms with Crippen molar-refractivity contribution in [2.75, 3.05) is 26.7 Å². The summed E-state index contributed by atoms with van der Waals surface area (Å²) in [6.45, 7) is 2.52. The van der Waals surface area contributed by atoms with Crippen LogP contribution < -0.4 is 5.32 Å². The van der Waals surface area contributed by atoms with Crippen molar-refractivity contribution in [2.24, 2.45) is 5.92 Å². The van der Waals surface area contributed by atoms with E-state index in [4.69, 9.17) is 4.74 Å². The molecule has 0 spiro atoms. The van der Waals surface area contributed by atoms with Gasteiger partial charge in [0.2, 0.25) is 0 Å². The van der Waals surface area contributed by atoms with Crippen LogP contribution in [-0.4, -0.2) is 43.8 Å². The van der Waals surface area contributed by atoms with Gasteiger partial charge in [0.15, 0.2) is 0 Å². The molecule has 86 valence electrons. The molecule has 0 atom stereocenters. The molecule has 1 N–H and O–H groups in total. The maximum absolute atomic E-state index is 11.7. The van der Waals surface area contributed by atoms with Crippen molar-refractivity contribution >= 4 is 6.03 Å². The molecule has 2 rings (SSSR count). The van der Waals surface area contributed by atoms with Crippen molar-refractivity contribution in [2.45, 2.75) is 31.8 Å². The summed E-state index contributed by atoms with van der Waals surface area (Å²) in [6, 6.07) is 0.108. The molecular weight excluding hydrogens is 192 g/mol. The second-order valence-corrected chi connectivity index (χ2v) is 4.55. The van der Waals surface area contributed by atoms with Gasteiger partial charge in [-0.25, -0.2) is 4.79 Å². The Morgan fingerprint density at radius 3 is 2.53 bits per heavy atom. The smallest absolute Gasteiger partial charge is 0.317 e. The molecule has 0 unspecified atom stereocenters. The monoisotopic (exact) mass is 212 g/mol. The molecule has 1 aliphatic carbocycles. The van der Waals surface area contributed by atoms with E-state index in [9.17, 15) is 4.79 Å². The Balaban J connectivity index is 1.66. The molecule has 0 radical (unpaired) electrons. The number of amides is 2. The largest absolute Gasteiger partial charge is 0.381 e. The first-order valence-electron chi connectivity index (χ1n) is 5.85. The van der Waals surface area contributed by atoms with Crippen LogP contribution in [0, 0.1) is 5.92 Å². The molecule has 4 nitrogen and oxygen atoms in total. The lowest BCUT2D eigenvalue weighted by atomic mass is 10.1. The highest BCUT2D eigenvalue weighted by atomic mass is 16.5. The van der Waals surface area contributed by atoms with Gasteiger partial charge < -0.3 is 15.0 Å². The van der Waals surface area contributed by atoms with Gasteiger partial charge in [0.1, 0.15) is 0 Å². The van der Waals surface area contributed by atoms with Crippen LogP contribution in [0.25, 0.3) is 0 Å². The topological polar surface area (TPSA) is 41.6 Å². The maximum atomic E-state index is 11.7. The van der Waals surface area contributed by atoms with E-state index in [-0.39, 0.29) is 6.03 Å². The Morgan fingerprint density at radius 2 is 2.00 bits per heavy atom. The van der Waals surface area contributed by atoms with Crippen molar-refractivity contribution in [3.63, 3.8) is 0 Å². The zero-order valence-corrected chi connectivity index (χ0v) is 9.37. The molecule has 2 aliphatic rings. The number of likely N-dealkylation sites (tertiary alicyclic amines) is 1. The fraction of sp³-hybridized carbons (Fsp3) is 0.909. The Hall–Kier alpha value is -0.770. The zero-order valence-electron chi connectivity index (χ0n) is 9.37. The lowest BCUT2D eigenvalue weighted by Gasteiger charge is -2.31. The summed E-state index contributed by atoms with van der Waals surface area (Å²) in [5.74, 6) is 0.755. The SMILES string of the molecule is COC1CCN(C(=O)NCC2CC2)CC1. The summed E-state index contributed by atoms with van der Waals surface area (Å²) in [6.07, 6.45) is 4.84. The molecule has 1 saturated heterocycles. The molecule has 4 heteroatoms. The van der Waals surface area contributed by atoms with Gasteiger partial charge in [0.05, 0.1) is 6.10 Å². The van der Waals surface area contributed by atoms with Crippen LogP contribution >= 0.6 is 0 Å². The van der Waals surface area contributed by atoms with E-state index in [1.165, 1.54) is 12.8 Å². The van der Waals surface area contributed by atoms with Crippen molar-refractivity contribution in [3.05, 3.63) is 0 Å². The van der Waals surface area contributed by atoms with Crippen molar-refractivity contribution < 1.29 is 9.53 Å². The van der Waals surface area contributed by atoms with Gasteiger partial charge in [-0.1, -0.05) is 0 Å². The van der Waals surface area contributed by atoms with Crippen molar-refractivity contribution in [1.82, 2.24) is 10.2 Å². The third-order valence-electron chi connectivity index (χ3n) is 3.30. The predicted octanol–water partition coefficient (Wildman–Crippen LogP) is 1.22. The second kappa shape index (κ2) is 4.84. The van der Waals surface area contributed by atoms with E-state index < -0.39 is 0 Å². The van der Waals surface area contributed by atoms with E-state index in [1.54, 1.807) is 7.11 Å². The van der Waals surface area contributed by atoms with Crippen molar-refractivity contribution in [1.29, 1.82) is 0 Å². The lowest BCUT2D eigenvalue weighted by Crippen LogP contribution is -2.46. The highest BCUT2D eigenvalue weighted by Crippen LogP contribution is 2.27. The van der Waals surface area contributed by atoms with E-state index >= 15 is 0 Å². The Labute approximate surface area is 91.0 Å². The molecule has 1 aliphatic heterocycles. The van der Waals surface area contributed by atoms with Gasteiger partial charge >= 0.3 is 6.03 Å². The van der Waals surface area contributed by atoms with Crippen LogP contribution in [0.4, 0.5) is 4.79 Å². The third kappa shape index (κ3) is 3.09. The molecule has 0 aromatic rings. The standard InChI is InChI=1S/C11H20N2O2/c1-15-10-4-6-13(7-5-10)11(14)12-8-9-2-3-9/h9-10H,2-8H2,1H3,(H,12,14). The number of methoxy groups -OCH3 is 1. The van der Waals surface area contributed by atoms with Gasteiger partial charge in [-0.3, -0.25) is 0 Å².